The van der Waals surface area contributed by atoms with E-state index in [1.807, 2.05) is 0 Å². The van der Waals surface area contributed by atoms with Crippen LogP contribution in [0.3, 0.4) is 0 Å². The van der Waals surface area contributed by atoms with Gasteiger partial charge in [0.25, 0.3) is 5.91 Å². The second kappa shape index (κ2) is 6.83. The predicted molar refractivity (Wildman–Crippen MR) is 74.7 cm³/mol. The van der Waals surface area contributed by atoms with Gasteiger partial charge in [-0.1, -0.05) is 11.2 Å². The highest BCUT2D eigenvalue weighted by Gasteiger charge is 2.10. The Labute approximate surface area is 122 Å². The van der Waals surface area contributed by atoms with Crippen LogP contribution in [-0.4, -0.2) is 5.91 Å². The Morgan fingerprint density at radius 3 is 2.86 bits per heavy atom. The van der Waals surface area contributed by atoms with Crippen LogP contribution in [0.15, 0.2) is 35.4 Å². The third-order valence-electron chi connectivity index (χ3n) is 2.63. The number of hydrogen-bond acceptors (Lipinski definition) is 3. The van der Waals surface area contributed by atoms with Crippen LogP contribution in [0.2, 0.25) is 0 Å². The van der Waals surface area contributed by atoms with Gasteiger partial charge in [0.15, 0.2) is 0 Å². The van der Waals surface area contributed by atoms with E-state index in [1.165, 1.54) is 17.4 Å². The first-order chi connectivity index (χ1) is 10.1. The van der Waals surface area contributed by atoms with Gasteiger partial charge in [0.1, 0.15) is 11.6 Å². The molecular formula is C13H10F2N4OS. The molecule has 8 heteroatoms. The summed E-state index contributed by atoms with van der Waals surface area (Å²) in [7, 11) is 0. The highest BCUT2D eigenvalue weighted by molar-refractivity contribution is 7.14. The number of carbonyl (C=O) groups excluding carboxylic acids is 1. The maximum Gasteiger partial charge on any atom is 0.261 e. The van der Waals surface area contributed by atoms with Gasteiger partial charge >= 0.3 is 0 Å². The van der Waals surface area contributed by atoms with E-state index in [0.717, 1.165) is 17.0 Å². The molecule has 1 heterocycles. The first-order valence-electron chi connectivity index (χ1n) is 5.92. The first-order valence-corrected chi connectivity index (χ1v) is 6.73. The van der Waals surface area contributed by atoms with Crippen LogP contribution in [-0.2, 0) is 13.1 Å². The molecule has 1 aromatic carbocycles. The van der Waals surface area contributed by atoms with Crippen LogP contribution >= 0.6 is 11.3 Å². The van der Waals surface area contributed by atoms with Crippen LogP contribution in [0.4, 0.5) is 8.78 Å². The van der Waals surface area contributed by atoms with Crippen molar-refractivity contribution in [3.8, 4) is 0 Å². The molecule has 0 aliphatic rings. The van der Waals surface area contributed by atoms with Gasteiger partial charge in [0, 0.05) is 28.0 Å². The molecule has 21 heavy (non-hydrogen) atoms. The molecule has 0 unspecified atom stereocenters. The molecule has 2 aromatic rings. The second-order valence-electron chi connectivity index (χ2n) is 4.07. The summed E-state index contributed by atoms with van der Waals surface area (Å²) in [4.78, 5) is 15.7. The number of rotatable bonds is 5. The summed E-state index contributed by atoms with van der Waals surface area (Å²) in [6.07, 6.45) is 0. The Bertz CT molecular complexity index is 710. The van der Waals surface area contributed by atoms with E-state index in [4.69, 9.17) is 5.53 Å². The summed E-state index contributed by atoms with van der Waals surface area (Å²) in [5, 5.41) is 5.95. The molecule has 0 fully saturated rings. The van der Waals surface area contributed by atoms with Gasteiger partial charge in [-0.25, -0.2) is 8.78 Å². The van der Waals surface area contributed by atoms with Gasteiger partial charge in [0.2, 0.25) is 0 Å². The molecule has 108 valence electrons. The van der Waals surface area contributed by atoms with E-state index in [9.17, 15) is 13.6 Å². The zero-order valence-electron chi connectivity index (χ0n) is 10.7. The number of nitrogens with zero attached hydrogens (tertiary/aromatic N) is 3. The average molecular weight is 308 g/mol. The largest absolute Gasteiger partial charge is 0.347 e. The second-order valence-corrected chi connectivity index (χ2v) is 5.24. The Balaban J connectivity index is 1.98. The smallest absolute Gasteiger partial charge is 0.261 e. The number of azide groups is 1. The van der Waals surface area contributed by atoms with Crippen molar-refractivity contribution in [3.63, 3.8) is 0 Å². The number of benzene rings is 1. The molecule has 0 saturated heterocycles. The van der Waals surface area contributed by atoms with Gasteiger partial charge in [-0.15, -0.1) is 11.3 Å². The van der Waals surface area contributed by atoms with E-state index in [2.05, 4.69) is 15.3 Å². The molecule has 1 N–H and O–H groups in total. The maximum atomic E-state index is 13.4. The first kappa shape index (κ1) is 15.0. The lowest BCUT2D eigenvalue weighted by molar-refractivity contribution is 0.0954. The molecular weight excluding hydrogens is 298 g/mol. The number of thiophene rings is 1. The number of amides is 1. The van der Waals surface area contributed by atoms with Crippen molar-refractivity contribution >= 4 is 17.2 Å². The summed E-state index contributed by atoms with van der Waals surface area (Å²) >= 11 is 1.19. The zero-order chi connectivity index (χ0) is 15.2. The summed E-state index contributed by atoms with van der Waals surface area (Å²) in [5.41, 5.74) is 8.43. The SMILES string of the molecule is [N-]=[N+]=NCc1ccc(C(=O)NCc2ccc(F)cc2F)s1. The minimum Gasteiger partial charge on any atom is -0.347 e. The normalized spacial score (nSPS) is 10.0. The van der Waals surface area contributed by atoms with Crippen molar-refractivity contribution in [2.24, 2.45) is 5.11 Å². The molecule has 0 spiro atoms. The Kier molecular flexibility index (Phi) is 4.86. The lowest BCUT2D eigenvalue weighted by Gasteiger charge is -2.05. The van der Waals surface area contributed by atoms with Crippen LogP contribution in [0, 0.1) is 11.6 Å². The molecule has 0 radical (unpaired) electrons. The third kappa shape index (κ3) is 4.01. The number of halogens is 2. The molecule has 1 aromatic heterocycles. The summed E-state index contributed by atoms with van der Waals surface area (Å²) < 4.78 is 26.2. The average Bonchev–Trinajstić information content (AvgIpc) is 2.93. The van der Waals surface area contributed by atoms with Crippen molar-refractivity contribution in [1.29, 1.82) is 0 Å². The van der Waals surface area contributed by atoms with Crippen molar-refractivity contribution in [1.82, 2.24) is 5.32 Å². The zero-order valence-corrected chi connectivity index (χ0v) is 11.5. The lowest BCUT2D eigenvalue weighted by atomic mass is 10.2. The van der Waals surface area contributed by atoms with Gasteiger partial charge in [0.05, 0.1) is 11.4 Å². The Morgan fingerprint density at radius 1 is 1.33 bits per heavy atom. The lowest BCUT2D eigenvalue weighted by Crippen LogP contribution is -2.22. The van der Waals surface area contributed by atoms with Crippen LogP contribution in [0.1, 0.15) is 20.1 Å². The van der Waals surface area contributed by atoms with E-state index < -0.39 is 11.6 Å². The van der Waals surface area contributed by atoms with Gasteiger partial charge in [-0.05, 0) is 23.7 Å². The van der Waals surface area contributed by atoms with Crippen molar-refractivity contribution in [2.75, 3.05) is 0 Å². The highest BCUT2D eigenvalue weighted by Crippen LogP contribution is 2.18. The molecule has 2 rings (SSSR count). The van der Waals surface area contributed by atoms with E-state index >= 15 is 0 Å². The summed E-state index contributed by atoms with van der Waals surface area (Å²) in [5.74, 6) is -1.73. The fourth-order valence-electron chi connectivity index (χ4n) is 1.61. The predicted octanol–water partition coefficient (Wildman–Crippen LogP) is 3.77. The third-order valence-corrected chi connectivity index (χ3v) is 3.70. The highest BCUT2D eigenvalue weighted by atomic mass is 32.1. The monoisotopic (exact) mass is 308 g/mol. The van der Waals surface area contributed by atoms with Crippen LogP contribution in [0.25, 0.3) is 10.4 Å². The Morgan fingerprint density at radius 2 is 2.14 bits per heavy atom. The van der Waals surface area contributed by atoms with Crippen molar-refractivity contribution in [3.05, 3.63) is 67.7 Å². The topological polar surface area (TPSA) is 77.9 Å². The van der Waals surface area contributed by atoms with E-state index in [1.54, 1.807) is 12.1 Å². The van der Waals surface area contributed by atoms with Gasteiger partial charge < -0.3 is 5.32 Å². The van der Waals surface area contributed by atoms with Gasteiger partial charge in [-0.3, -0.25) is 4.79 Å². The van der Waals surface area contributed by atoms with Crippen LogP contribution < -0.4 is 5.32 Å². The quantitative estimate of drug-likeness (QED) is 0.509. The molecule has 0 aliphatic heterocycles. The van der Waals surface area contributed by atoms with Crippen molar-refractivity contribution < 1.29 is 13.6 Å². The van der Waals surface area contributed by atoms with Crippen LogP contribution in [0.5, 0.6) is 0 Å². The number of hydrogen-bond donors (Lipinski definition) is 1. The molecule has 0 bridgehead atoms. The fourth-order valence-corrected chi connectivity index (χ4v) is 2.46. The number of carbonyl (C=O) groups is 1. The molecule has 0 atom stereocenters. The van der Waals surface area contributed by atoms with Gasteiger partial charge in [-0.2, -0.15) is 0 Å². The molecule has 1 amide bonds. The summed E-state index contributed by atoms with van der Waals surface area (Å²) in [6, 6.07) is 6.47. The van der Waals surface area contributed by atoms with E-state index in [0.29, 0.717) is 4.88 Å². The number of nitrogens with one attached hydrogen (secondary N) is 1. The summed E-state index contributed by atoms with van der Waals surface area (Å²) in [6.45, 7) is 0.148. The Hall–Kier alpha value is -2.44. The minimum atomic E-state index is -0.703. The van der Waals surface area contributed by atoms with E-state index in [-0.39, 0.29) is 24.6 Å². The molecule has 0 aliphatic carbocycles. The molecule has 0 saturated carbocycles. The fraction of sp³-hybridized carbons (Fsp3) is 0.154. The standard InChI is InChI=1S/C13H10F2N4OS/c14-9-2-1-8(11(15)5-9)6-17-13(20)12-4-3-10(21-12)7-18-19-16/h1-5H,6-7H2,(H,17,20). The van der Waals surface area contributed by atoms with Crippen molar-refractivity contribution in [2.45, 2.75) is 13.1 Å². The maximum absolute atomic E-state index is 13.4. The minimum absolute atomic E-state index is 0.0332. The molecule has 5 nitrogen and oxygen atoms in total.